The van der Waals surface area contributed by atoms with Crippen LogP contribution in [-0.4, -0.2) is 51.1 Å². The fourth-order valence-corrected chi connectivity index (χ4v) is 6.35. The SMILES string of the molecule is Cc1n[nH]c(C)c1S(=O)(=O)N1C2CCC1CC(Oc1cnccn1)C2. The van der Waals surface area contributed by atoms with Crippen LogP contribution < -0.4 is 4.74 Å². The molecule has 2 aromatic heterocycles. The lowest BCUT2D eigenvalue weighted by Gasteiger charge is -2.37. The molecule has 4 heterocycles. The standard InChI is InChI=1S/C16H21N5O3S/c1-10-16(11(2)20-19-10)25(22,23)21-12-3-4-13(21)8-14(7-12)24-15-9-17-5-6-18-15/h5-6,9,12-14H,3-4,7-8H2,1-2H3,(H,19,20). The van der Waals surface area contributed by atoms with Crippen molar-refractivity contribution < 1.29 is 13.2 Å². The first-order valence-electron chi connectivity index (χ1n) is 8.44. The Morgan fingerprint density at radius 2 is 1.92 bits per heavy atom. The molecule has 25 heavy (non-hydrogen) atoms. The lowest BCUT2D eigenvalue weighted by Crippen LogP contribution is -2.49. The Balaban J connectivity index is 1.57. The average molecular weight is 363 g/mol. The minimum atomic E-state index is -3.56. The van der Waals surface area contributed by atoms with Crippen molar-refractivity contribution in [3.63, 3.8) is 0 Å². The first-order valence-corrected chi connectivity index (χ1v) is 9.88. The fourth-order valence-electron chi connectivity index (χ4n) is 4.12. The number of hydrogen-bond donors (Lipinski definition) is 1. The first-order chi connectivity index (χ1) is 12.0. The lowest BCUT2D eigenvalue weighted by molar-refractivity contribution is 0.0914. The summed E-state index contributed by atoms with van der Waals surface area (Å²) in [6, 6.07) is -0.0850. The molecule has 1 N–H and O–H groups in total. The molecule has 2 atom stereocenters. The second-order valence-corrected chi connectivity index (χ2v) is 8.52. The van der Waals surface area contributed by atoms with Crippen LogP contribution in [0.3, 0.4) is 0 Å². The molecule has 2 fully saturated rings. The number of fused-ring (bicyclic) bond motifs is 2. The van der Waals surface area contributed by atoms with Gasteiger partial charge in [-0.1, -0.05) is 0 Å². The van der Waals surface area contributed by atoms with Crippen LogP contribution in [0.15, 0.2) is 23.5 Å². The number of ether oxygens (including phenoxy) is 1. The highest BCUT2D eigenvalue weighted by molar-refractivity contribution is 7.89. The highest BCUT2D eigenvalue weighted by Crippen LogP contribution is 2.41. The van der Waals surface area contributed by atoms with Gasteiger partial charge in [-0.2, -0.15) is 9.40 Å². The molecular weight excluding hydrogens is 342 g/mol. The van der Waals surface area contributed by atoms with E-state index in [1.165, 1.54) is 0 Å². The Morgan fingerprint density at radius 1 is 1.20 bits per heavy atom. The van der Waals surface area contributed by atoms with E-state index < -0.39 is 10.0 Å². The molecule has 2 aromatic rings. The van der Waals surface area contributed by atoms with Crippen LogP contribution in [-0.2, 0) is 10.0 Å². The lowest BCUT2D eigenvalue weighted by atomic mass is 10.0. The van der Waals surface area contributed by atoms with E-state index in [0.29, 0.717) is 35.0 Å². The second-order valence-electron chi connectivity index (χ2n) is 6.74. The molecule has 2 saturated heterocycles. The smallest absolute Gasteiger partial charge is 0.247 e. The van der Waals surface area contributed by atoms with Gasteiger partial charge in [0.05, 0.1) is 17.6 Å². The van der Waals surface area contributed by atoms with Crippen molar-refractivity contribution in [3.05, 3.63) is 30.0 Å². The zero-order chi connectivity index (χ0) is 17.6. The monoisotopic (exact) mass is 363 g/mol. The van der Waals surface area contributed by atoms with Gasteiger partial charge in [0.25, 0.3) is 0 Å². The molecule has 0 aliphatic carbocycles. The van der Waals surface area contributed by atoms with Gasteiger partial charge in [-0.05, 0) is 26.7 Å². The van der Waals surface area contributed by atoms with Crippen molar-refractivity contribution in [1.82, 2.24) is 24.5 Å². The first kappa shape index (κ1) is 16.5. The van der Waals surface area contributed by atoms with Gasteiger partial charge in [0.1, 0.15) is 11.0 Å². The molecule has 4 rings (SSSR count). The van der Waals surface area contributed by atoms with Crippen LogP contribution in [0.2, 0.25) is 0 Å². The number of H-pyrrole nitrogens is 1. The van der Waals surface area contributed by atoms with E-state index in [1.54, 1.807) is 36.7 Å². The summed E-state index contributed by atoms with van der Waals surface area (Å²) in [5, 5.41) is 6.83. The quantitative estimate of drug-likeness (QED) is 0.885. The number of hydrogen-bond acceptors (Lipinski definition) is 6. The molecule has 2 bridgehead atoms. The maximum atomic E-state index is 13.2. The highest BCUT2D eigenvalue weighted by atomic mass is 32.2. The molecule has 8 nitrogen and oxygen atoms in total. The summed E-state index contributed by atoms with van der Waals surface area (Å²) in [6.07, 6.45) is 7.80. The van der Waals surface area contributed by atoms with Gasteiger partial charge >= 0.3 is 0 Å². The molecule has 0 radical (unpaired) electrons. The third-order valence-electron chi connectivity index (χ3n) is 5.05. The Morgan fingerprint density at radius 3 is 2.48 bits per heavy atom. The Hall–Kier alpha value is -2.00. The van der Waals surface area contributed by atoms with Crippen LogP contribution in [0.25, 0.3) is 0 Å². The maximum Gasteiger partial charge on any atom is 0.247 e. The van der Waals surface area contributed by atoms with Gasteiger partial charge in [-0.3, -0.25) is 10.1 Å². The van der Waals surface area contributed by atoms with Crippen molar-refractivity contribution in [2.75, 3.05) is 0 Å². The summed E-state index contributed by atoms with van der Waals surface area (Å²) in [7, 11) is -3.56. The maximum absolute atomic E-state index is 13.2. The molecule has 2 aliphatic rings. The molecule has 0 spiro atoms. The normalized spacial score (nSPS) is 26.7. The van der Waals surface area contributed by atoms with Crippen molar-refractivity contribution in [3.8, 4) is 5.88 Å². The molecule has 0 aromatic carbocycles. The van der Waals surface area contributed by atoms with Gasteiger partial charge in [0.15, 0.2) is 0 Å². The minimum Gasteiger partial charge on any atom is -0.473 e. The number of rotatable bonds is 4. The summed E-state index contributed by atoms with van der Waals surface area (Å²) in [6.45, 7) is 3.47. The van der Waals surface area contributed by atoms with E-state index in [1.807, 2.05) is 0 Å². The zero-order valence-corrected chi connectivity index (χ0v) is 15.0. The fraction of sp³-hybridized carbons (Fsp3) is 0.562. The molecule has 2 unspecified atom stereocenters. The van der Waals surface area contributed by atoms with E-state index in [-0.39, 0.29) is 18.2 Å². The summed E-state index contributed by atoms with van der Waals surface area (Å²) in [4.78, 5) is 8.47. The number of sulfonamides is 1. The summed E-state index contributed by atoms with van der Waals surface area (Å²) in [5.41, 5.74) is 1.12. The van der Waals surface area contributed by atoms with Crippen molar-refractivity contribution >= 4 is 10.0 Å². The minimum absolute atomic E-state index is 0.0350. The summed E-state index contributed by atoms with van der Waals surface area (Å²) < 4.78 is 34.0. The van der Waals surface area contributed by atoms with Crippen LogP contribution in [0.5, 0.6) is 5.88 Å². The number of aryl methyl sites for hydroxylation is 2. The summed E-state index contributed by atoms with van der Waals surface area (Å²) in [5.74, 6) is 0.490. The van der Waals surface area contributed by atoms with Gasteiger partial charge in [-0.15, -0.1) is 0 Å². The molecule has 0 saturated carbocycles. The van der Waals surface area contributed by atoms with Crippen LogP contribution >= 0.6 is 0 Å². The van der Waals surface area contributed by atoms with Gasteiger partial charge in [-0.25, -0.2) is 13.4 Å². The van der Waals surface area contributed by atoms with E-state index in [9.17, 15) is 8.42 Å². The second kappa shape index (κ2) is 6.06. The Labute approximate surface area is 146 Å². The van der Waals surface area contributed by atoms with Crippen molar-refractivity contribution in [2.45, 2.75) is 62.6 Å². The molecule has 0 amide bonds. The number of aromatic nitrogens is 4. The molecule has 9 heteroatoms. The topological polar surface area (TPSA) is 101 Å². The van der Waals surface area contributed by atoms with E-state index >= 15 is 0 Å². The largest absolute Gasteiger partial charge is 0.473 e. The number of nitrogens with zero attached hydrogens (tertiary/aromatic N) is 4. The van der Waals surface area contributed by atoms with Crippen LogP contribution in [0.1, 0.15) is 37.1 Å². The third-order valence-corrected chi connectivity index (χ3v) is 7.31. The van der Waals surface area contributed by atoms with E-state index in [4.69, 9.17) is 4.74 Å². The number of piperidine rings is 1. The highest BCUT2D eigenvalue weighted by Gasteiger charge is 2.49. The van der Waals surface area contributed by atoms with Crippen LogP contribution in [0.4, 0.5) is 0 Å². The van der Waals surface area contributed by atoms with E-state index in [2.05, 4.69) is 20.2 Å². The Bertz CT molecular complexity index is 834. The van der Waals surface area contributed by atoms with Gasteiger partial charge < -0.3 is 4.74 Å². The number of aromatic amines is 1. The van der Waals surface area contributed by atoms with Gasteiger partial charge in [0.2, 0.25) is 15.9 Å². The summed E-state index contributed by atoms with van der Waals surface area (Å²) >= 11 is 0. The van der Waals surface area contributed by atoms with Crippen molar-refractivity contribution in [2.24, 2.45) is 0 Å². The van der Waals surface area contributed by atoms with E-state index in [0.717, 1.165) is 12.8 Å². The molecular formula is C16H21N5O3S. The van der Waals surface area contributed by atoms with Crippen LogP contribution in [0, 0.1) is 13.8 Å². The third kappa shape index (κ3) is 2.81. The predicted octanol–water partition coefficient (Wildman–Crippen LogP) is 1.58. The number of nitrogens with one attached hydrogen (secondary N) is 1. The molecule has 2 aliphatic heterocycles. The predicted molar refractivity (Wildman–Crippen MR) is 89.6 cm³/mol. The molecule has 134 valence electrons. The zero-order valence-electron chi connectivity index (χ0n) is 14.2. The van der Waals surface area contributed by atoms with Crippen molar-refractivity contribution in [1.29, 1.82) is 0 Å². The average Bonchev–Trinajstić information content (AvgIpc) is 3.06. The van der Waals surface area contributed by atoms with Gasteiger partial charge in [0, 0.05) is 37.3 Å². The Kier molecular flexibility index (Phi) is 3.99.